The van der Waals surface area contributed by atoms with Crippen LogP contribution in [0.4, 0.5) is 0 Å². The number of ether oxygens (including phenoxy) is 3. The van der Waals surface area contributed by atoms with E-state index in [1.165, 1.54) is 0 Å². The Labute approximate surface area is 110 Å². The van der Waals surface area contributed by atoms with E-state index in [0.717, 1.165) is 0 Å². The topological polar surface area (TPSA) is 27.7 Å². The van der Waals surface area contributed by atoms with E-state index in [1.54, 1.807) is 18.2 Å². The first-order valence-corrected chi connectivity index (χ1v) is 6.16. The van der Waals surface area contributed by atoms with Gasteiger partial charge in [0.25, 0.3) is 0 Å². The third kappa shape index (κ3) is 1.96. The van der Waals surface area contributed by atoms with E-state index in [4.69, 9.17) is 37.4 Å². The lowest BCUT2D eigenvalue weighted by Gasteiger charge is -2.50. The van der Waals surface area contributed by atoms with Crippen LogP contribution in [0.3, 0.4) is 0 Å². The van der Waals surface area contributed by atoms with Gasteiger partial charge < -0.3 is 14.2 Å². The third-order valence-electron chi connectivity index (χ3n) is 3.05. The highest BCUT2D eigenvalue weighted by molar-refractivity contribution is 6.34. The fraction of sp³-hybridized carbons (Fsp3) is 0.500. The zero-order valence-electron chi connectivity index (χ0n) is 9.33. The Bertz CT molecular complexity index is 416. The van der Waals surface area contributed by atoms with Gasteiger partial charge >= 0.3 is 5.97 Å². The Kier molecular flexibility index (Phi) is 2.65. The highest BCUT2D eigenvalue weighted by Crippen LogP contribution is 2.44. The van der Waals surface area contributed by atoms with Crippen LogP contribution in [0.25, 0.3) is 0 Å². The maximum Gasteiger partial charge on any atom is 0.312 e. The molecule has 0 radical (unpaired) electrons. The maximum atomic E-state index is 5.98. The maximum absolute atomic E-state index is 5.98. The SMILES string of the molecule is CC12COC(c3cc(Cl)cc(Cl)c3)(OC1)OC2. The molecule has 3 nitrogen and oxygen atoms in total. The molecule has 3 aliphatic rings. The van der Waals surface area contributed by atoms with Crippen molar-refractivity contribution in [3.63, 3.8) is 0 Å². The monoisotopic (exact) mass is 274 g/mol. The minimum absolute atomic E-state index is 0.0515. The van der Waals surface area contributed by atoms with Crippen molar-refractivity contribution in [2.75, 3.05) is 19.8 Å². The van der Waals surface area contributed by atoms with Crippen molar-refractivity contribution in [1.82, 2.24) is 0 Å². The second-order valence-electron chi connectivity index (χ2n) is 4.89. The Balaban J connectivity index is 1.98. The molecular weight excluding hydrogens is 263 g/mol. The van der Waals surface area contributed by atoms with Gasteiger partial charge in [-0.05, 0) is 18.2 Å². The Hall–Kier alpha value is -0.320. The lowest BCUT2D eigenvalue weighted by Crippen LogP contribution is -2.57. The Morgan fingerprint density at radius 2 is 1.41 bits per heavy atom. The third-order valence-corrected chi connectivity index (χ3v) is 3.48. The summed E-state index contributed by atoms with van der Waals surface area (Å²) in [6.45, 7) is 3.90. The average Bonchev–Trinajstić information content (AvgIpc) is 2.29. The van der Waals surface area contributed by atoms with Crippen molar-refractivity contribution in [3.05, 3.63) is 33.8 Å². The van der Waals surface area contributed by atoms with Crippen molar-refractivity contribution in [1.29, 1.82) is 0 Å². The molecule has 1 aromatic rings. The van der Waals surface area contributed by atoms with Crippen LogP contribution in [0.15, 0.2) is 18.2 Å². The molecule has 1 aromatic carbocycles. The number of rotatable bonds is 1. The second kappa shape index (κ2) is 3.84. The number of fused-ring (bicyclic) bond motifs is 3. The van der Waals surface area contributed by atoms with E-state index in [0.29, 0.717) is 35.4 Å². The zero-order valence-corrected chi connectivity index (χ0v) is 10.8. The van der Waals surface area contributed by atoms with Crippen LogP contribution in [0, 0.1) is 5.41 Å². The summed E-state index contributed by atoms with van der Waals surface area (Å²) in [5.41, 5.74) is 0.654. The molecule has 0 saturated carbocycles. The molecule has 0 N–H and O–H groups in total. The van der Waals surface area contributed by atoms with Gasteiger partial charge in [0.15, 0.2) is 0 Å². The van der Waals surface area contributed by atoms with Gasteiger partial charge in [0, 0.05) is 21.0 Å². The molecule has 0 aromatic heterocycles. The second-order valence-corrected chi connectivity index (χ2v) is 5.76. The highest BCUT2D eigenvalue weighted by Gasteiger charge is 2.51. The van der Waals surface area contributed by atoms with Gasteiger partial charge in [-0.25, -0.2) is 0 Å². The first kappa shape index (κ1) is 11.8. The van der Waals surface area contributed by atoms with Crippen molar-refractivity contribution in [2.45, 2.75) is 12.9 Å². The molecule has 3 heterocycles. The summed E-state index contributed by atoms with van der Waals surface area (Å²) < 4.78 is 17.1. The molecule has 17 heavy (non-hydrogen) atoms. The van der Waals surface area contributed by atoms with Gasteiger partial charge in [0.1, 0.15) is 0 Å². The predicted molar refractivity (Wildman–Crippen MR) is 64.1 cm³/mol. The Morgan fingerprint density at radius 1 is 0.941 bits per heavy atom. The van der Waals surface area contributed by atoms with E-state index in [-0.39, 0.29) is 5.41 Å². The summed E-state index contributed by atoms with van der Waals surface area (Å²) in [7, 11) is 0. The predicted octanol–water partition coefficient (Wildman–Crippen LogP) is 3.19. The quantitative estimate of drug-likeness (QED) is 0.787. The molecule has 4 rings (SSSR count). The molecule has 0 atom stereocenters. The van der Waals surface area contributed by atoms with E-state index in [2.05, 4.69) is 6.92 Å². The number of hydrogen-bond donors (Lipinski definition) is 0. The van der Waals surface area contributed by atoms with E-state index in [9.17, 15) is 0 Å². The van der Waals surface area contributed by atoms with Crippen LogP contribution in [-0.4, -0.2) is 19.8 Å². The number of hydrogen-bond acceptors (Lipinski definition) is 3. The van der Waals surface area contributed by atoms with E-state index in [1.807, 2.05) is 0 Å². The van der Waals surface area contributed by atoms with Crippen LogP contribution >= 0.6 is 23.2 Å². The highest BCUT2D eigenvalue weighted by atomic mass is 35.5. The van der Waals surface area contributed by atoms with Crippen LogP contribution in [0.5, 0.6) is 0 Å². The first-order valence-electron chi connectivity index (χ1n) is 5.40. The number of halogens is 2. The minimum Gasteiger partial charge on any atom is -0.323 e. The van der Waals surface area contributed by atoms with Gasteiger partial charge in [-0.15, -0.1) is 0 Å². The average molecular weight is 275 g/mol. The van der Waals surface area contributed by atoms with Crippen molar-refractivity contribution in [3.8, 4) is 0 Å². The first-order chi connectivity index (χ1) is 8.01. The van der Waals surface area contributed by atoms with E-state index >= 15 is 0 Å². The fourth-order valence-electron chi connectivity index (χ4n) is 2.04. The van der Waals surface area contributed by atoms with Crippen LogP contribution in [0.2, 0.25) is 10.0 Å². The normalized spacial score (nSPS) is 36.2. The molecule has 2 bridgehead atoms. The van der Waals surface area contributed by atoms with Gasteiger partial charge in [-0.1, -0.05) is 30.1 Å². The molecule has 0 unspecified atom stereocenters. The lowest BCUT2D eigenvalue weighted by atomic mass is 9.91. The molecular formula is C12H12Cl2O3. The van der Waals surface area contributed by atoms with Crippen molar-refractivity contribution >= 4 is 23.2 Å². The molecule has 3 fully saturated rings. The van der Waals surface area contributed by atoms with Crippen LogP contribution in [0.1, 0.15) is 12.5 Å². The van der Waals surface area contributed by atoms with Crippen LogP contribution in [-0.2, 0) is 20.2 Å². The van der Waals surface area contributed by atoms with Gasteiger partial charge in [-0.2, -0.15) is 0 Å². The van der Waals surface area contributed by atoms with Crippen molar-refractivity contribution in [2.24, 2.45) is 5.41 Å². The lowest BCUT2D eigenvalue weighted by molar-refractivity contribution is -0.477. The summed E-state index contributed by atoms with van der Waals surface area (Å²) >= 11 is 12.0. The standard InChI is InChI=1S/C12H12Cl2O3/c1-11-5-15-12(16-6-11,17-7-11)8-2-9(13)4-10(14)3-8/h2-4H,5-7H2,1H3. The largest absolute Gasteiger partial charge is 0.323 e. The van der Waals surface area contributed by atoms with E-state index < -0.39 is 5.97 Å². The molecule has 0 aliphatic carbocycles. The number of benzene rings is 1. The van der Waals surface area contributed by atoms with Gasteiger partial charge in [0.2, 0.25) is 0 Å². The molecule has 5 heteroatoms. The van der Waals surface area contributed by atoms with Crippen LogP contribution < -0.4 is 0 Å². The molecule has 92 valence electrons. The smallest absolute Gasteiger partial charge is 0.312 e. The fourth-order valence-corrected chi connectivity index (χ4v) is 2.56. The van der Waals surface area contributed by atoms with Gasteiger partial charge in [-0.3, -0.25) is 0 Å². The summed E-state index contributed by atoms with van der Waals surface area (Å²) in [6, 6.07) is 5.17. The van der Waals surface area contributed by atoms with Crippen molar-refractivity contribution < 1.29 is 14.2 Å². The van der Waals surface area contributed by atoms with Gasteiger partial charge in [0.05, 0.1) is 19.8 Å². The minimum atomic E-state index is -1.13. The zero-order chi connectivity index (χ0) is 12.1. The summed E-state index contributed by atoms with van der Waals surface area (Å²) in [5.74, 6) is -1.13. The summed E-state index contributed by atoms with van der Waals surface area (Å²) in [4.78, 5) is 0. The molecule has 3 saturated heterocycles. The summed E-state index contributed by atoms with van der Waals surface area (Å²) in [6.07, 6.45) is 0. The molecule has 3 aliphatic heterocycles. The summed E-state index contributed by atoms with van der Waals surface area (Å²) in [5, 5.41) is 1.08. The molecule has 0 amide bonds. The molecule has 0 spiro atoms. The Morgan fingerprint density at radius 3 is 1.88 bits per heavy atom.